The van der Waals surface area contributed by atoms with Crippen molar-refractivity contribution in [2.75, 3.05) is 17.2 Å². The van der Waals surface area contributed by atoms with E-state index in [9.17, 15) is 14.0 Å². The summed E-state index contributed by atoms with van der Waals surface area (Å²) in [6.07, 6.45) is 0. The van der Waals surface area contributed by atoms with Crippen LogP contribution < -0.4 is 10.6 Å². The second kappa shape index (κ2) is 7.04. The van der Waals surface area contributed by atoms with Crippen molar-refractivity contribution in [3.8, 4) is 0 Å². The van der Waals surface area contributed by atoms with Crippen molar-refractivity contribution in [3.05, 3.63) is 58.9 Å². The number of benzene rings is 2. The van der Waals surface area contributed by atoms with Crippen LogP contribution in [0.15, 0.2) is 42.5 Å². The SMILES string of the molecule is CC(=O)c1ccccc1NC(=O)CNc1ccc(Cl)cc1F. The predicted molar refractivity (Wildman–Crippen MR) is 85.0 cm³/mol. The van der Waals surface area contributed by atoms with Crippen LogP contribution in [0, 0.1) is 5.82 Å². The molecular formula is C16H14ClFN2O2. The minimum absolute atomic E-state index is 0.134. The first-order chi connectivity index (χ1) is 10.5. The standard InChI is InChI=1S/C16H14ClFN2O2/c1-10(21)12-4-2-3-5-14(12)20-16(22)9-19-15-7-6-11(17)8-13(15)18/h2-8,19H,9H2,1H3,(H,20,22). The molecule has 6 heteroatoms. The fraction of sp³-hybridized carbons (Fsp3) is 0.125. The largest absolute Gasteiger partial charge is 0.374 e. The first kappa shape index (κ1) is 16.0. The van der Waals surface area contributed by atoms with Crippen LogP contribution in [0.1, 0.15) is 17.3 Å². The molecule has 0 aliphatic carbocycles. The Kier molecular flexibility index (Phi) is 5.12. The van der Waals surface area contributed by atoms with E-state index in [2.05, 4.69) is 10.6 Å². The van der Waals surface area contributed by atoms with Gasteiger partial charge in [-0.3, -0.25) is 9.59 Å². The van der Waals surface area contributed by atoms with Crippen LogP contribution in [-0.2, 0) is 4.79 Å². The van der Waals surface area contributed by atoms with Crippen LogP contribution in [0.4, 0.5) is 15.8 Å². The Morgan fingerprint density at radius 3 is 2.55 bits per heavy atom. The van der Waals surface area contributed by atoms with E-state index in [0.717, 1.165) is 6.07 Å². The van der Waals surface area contributed by atoms with E-state index in [1.807, 2.05) is 0 Å². The van der Waals surface area contributed by atoms with Gasteiger partial charge in [0.15, 0.2) is 5.78 Å². The van der Waals surface area contributed by atoms with E-state index in [0.29, 0.717) is 11.3 Å². The molecule has 0 fully saturated rings. The number of Topliss-reactive ketones (excluding diaryl/α,β-unsaturated/α-hetero) is 1. The van der Waals surface area contributed by atoms with Crippen molar-refractivity contribution in [2.24, 2.45) is 0 Å². The van der Waals surface area contributed by atoms with E-state index in [-0.39, 0.29) is 28.9 Å². The number of anilines is 2. The molecule has 0 radical (unpaired) electrons. The molecule has 22 heavy (non-hydrogen) atoms. The molecule has 0 aromatic heterocycles. The summed E-state index contributed by atoms with van der Waals surface area (Å²) in [7, 11) is 0. The van der Waals surface area contributed by atoms with Gasteiger partial charge in [0.1, 0.15) is 5.82 Å². The van der Waals surface area contributed by atoms with Crippen LogP contribution in [0.5, 0.6) is 0 Å². The first-order valence-electron chi connectivity index (χ1n) is 6.56. The second-order valence-corrected chi connectivity index (χ2v) is 5.06. The number of nitrogens with one attached hydrogen (secondary N) is 2. The summed E-state index contributed by atoms with van der Waals surface area (Å²) in [6.45, 7) is 1.29. The highest BCUT2D eigenvalue weighted by Crippen LogP contribution is 2.19. The highest BCUT2D eigenvalue weighted by molar-refractivity contribution is 6.30. The minimum atomic E-state index is -0.538. The van der Waals surface area contributed by atoms with Crippen molar-refractivity contribution in [1.82, 2.24) is 0 Å². The van der Waals surface area contributed by atoms with E-state index in [4.69, 9.17) is 11.6 Å². The predicted octanol–water partition coefficient (Wildman–Crippen LogP) is 3.73. The minimum Gasteiger partial charge on any atom is -0.374 e. The number of carbonyl (C=O) groups excluding carboxylic acids is 2. The lowest BCUT2D eigenvalue weighted by Gasteiger charge is -2.11. The summed E-state index contributed by atoms with van der Waals surface area (Å²) >= 11 is 5.66. The summed E-state index contributed by atoms with van der Waals surface area (Å²) in [6, 6.07) is 10.8. The quantitative estimate of drug-likeness (QED) is 0.825. The summed E-state index contributed by atoms with van der Waals surface area (Å²) in [5.74, 6) is -1.07. The van der Waals surface area contributed by atoms with Gasteiger partial charge in [0, 0.05) is 10.6 Å². The molecule has 0 aliphatic heterocycles. The molecule has 0 unspecified atom stereocenters. The molecule has 0 atom stereocenters. The smallest absolute Gasteiger partial charge is 0.243 e. The molecule has 0 spiro atoms. The summed E-state index contributed by atoms with van der Waals surface area (Å²) in [4.78, 5) is 23.4. The Morgan fingerprint density at radius 2 is 1.86 bits per heavy atom. The lowest BCUT2D eigenvalue weighted by Crippen LogP contribution is -2.23. The molecule has 2 N–H and O–H groups in total. The van der Waals surface area contributed by atoms with E-state index in [1.54, 1.807) is 24.3 Å². The van der Waals surface area contributed by atoms with Crippen molar-refractivity contribution >= 4 is 34.7 Å². The van der Waals surface area contributed by atoms with Gasteiger partial charge in [-0.15, -0.1) is 0 Å². The molecule has 2 aromatic rings. The Hall–Kier alpha value is -2.40. The lowest BCUT2D eigenvalue weighted by molar-refractivity contribution is -0.114. The Labute approximate surface area is 132 Å². The Bertz CT molecular complexity index is 719. The number of para-hydroxylation sites is 1. The van der Waals surface area contributed by atoms with Crippen molar-refractivity contribution in [2.45, 2.75) is 6.92 Å². The number of hydrogen-bond acceptors (Lipinski definition) is 3. The highest BCUT2D eigenvalue weighted by Gasteiger charge is 2.10. The van der Waals surface area contributed by atoms with Crippen LogP contribution in [0.3, 0.4) is 0 Å². The highest BCUT2D eigenvalue weighted by atomic mass is 35.5. The molecule has 0 saturated carbocycles. The third-order valence-corrected chi connectivity index (χ3v) is 3.19. The van der Waals surface area contributed by atoms with Crippen LogP contribution in [0.2, 0.25) is 5.02 Å². The Morgan fingerprint density at radius 1 is 1.14 bits per heavy atom. The van der Waals surface area contributed by atoms with E-state index >= 15 is 0 Å². The van der Waals surface area contributed by atoms with Crippen LogP contribution >= 0.6 is 11.6 Å². The maximum atomic E-state index is 13.6. The van der Waals surface area contributed by atoms with Gasteiger partial charge in [0.2, 0.25) is 5.91 Å². The number of hydrogen-bond donors (Lipinski definition) is 2. The van der Waals surface area contributed by atoms with Gasteiger partial charge < -0.3 is 10.6 Å². The number of carbonyl (C=O) groups is 2. The van der Waals surface area contributed by atoms with Gasteiger partial charge in [0.25, 0.3) is 0 Å². The fourth-order valence-corrected chi connectivity index (χ4v) is 2.06. The third-order valence-electron chi connectivity index (χ3n) is 2.95. The van der Waals surface area contributed by atoms with Crippen molar-refractivity contribution in [1.29, 1.82) is 0 Å². The van der Waals surface area contributed by atoms with E-state index < -0.39 is 5.82 Å². The van der Waals surface area contributed by atoms with Gasteiger partial charge in [-0.2, -0.15) is 0 Å². The number of amides is 1. The zero-order valence-electron chi connectivity index (χ0n) is 11.8. The fourth-order valence-electron chi connectivity index (χ4n) is 1.90. The lowest BCUT2D eigenvalue weighted by atomic mass is 10.1. The van der Waals surface area contributed by atoms with Crippen LogP contribution in [-0.4, -0.2) is 18.2 Å². The number of ketones is 1. The van der Waals surface area contributed by atoms with Gasteiger partial charge in [-0.25, -0.2) is 4.39 Å². The van der Waals surface area contributed by atoms with E-state index in [1.165, 1.54) is 19.1 Å². The Balaban J connectivity index is 2.00. The molecule has 2 aromatic carbocycles. The maximum Gasteiger partial charge on any atom is 0.243 e. The molecule has 2 rings (SSSR count). The zero-order chi connectivity index (χ0) is 16.1. The van der Waals surface area contributed by atoms with Gasteiger partial charge >= 0.3 is 0 Å². The monoisotopic (exact) mass is 320 g/mol. The molecule has 4 nitrogen and oxygen atoms in total. The topological polar surface area (TPSA) is 58.2 Å². The molecule has 0 heterocycles. The molecule has 0 aliphatic rings. The molecular weight excluding hydrogens is 307 g/mol. The summed E-state index contributed by atoms with van der Waals surface area (Å²) < 4.78 is 13.6. The first-order valence-corrected chi connectivity index (χ1v) is 6.94. The molecule has 1 amide bonds. The third kappa shape index (κ3) is 4.05. The van der Waals surface area contributed by atoms with Gasteiger partial charge in [-0.05, 0) is 37.3 Å². The average molecular weight is 321 g/mol. The van der Waals surface area contributed by atoms with Crippen molar-refractivity contribution < 1.29 is 14.0 Å². The second-order valence-electron chi connectivity index (χ2n) is 4.63. The summed E-state index contributed by atoms with van der Waals surface area (Å²) in [5.41, 5.74) is 1.03. The zero-order valence-corrected chi connectivity index (χ0v) is 12.6. The molecule has 0 saturated heterocycles. The van der Waals surface area contributed by atoms with Crippen molar-refractivity contribution in [3.63, 3.8) is 0 Å². The molecule has 114 valence electrons. The molecule has 0 bridgehead atoms. The van der Waals surface area contributed by atoms with Gasteiger partial charge in [0.05, 0.1) is 17.9 Å². The van der Waals surface area contributed by atoms with Crippen LogP contribution in [0.25, 0.3) is 0 Å². The normalized spacial score (nSPS) is 10.1. The maximum absolute atomic E-state index is 13.6. The number of rotatable bonds is 5. The number of halogens is 2. The summed E-state index contributed by atoms with van der Waals surface area (Å²) in [5, 5.41) is 5.58. The average Bonchev–Trinajstić information content (AvgIpc) is 2.46. The van der Waals surface area contributed by atoms with Gasteiger partial charge in [-0.1, -0.05) is 23.7 Å².